The summed E-state index contributed by atoms with van der Waals surface area (Å²) in [4.78, 5) is 0. The van der Waals surface area contributed by atoms with Gasteiger partial charge in [0, 0.05) is 22.5 Å². The van der Waals surface area contributed by atoms with Gasteiger partial charge in [0.2, 0.25) is 0 Å². The maximum absolute atomic E-state index is 5.55. The van der Waals surface area contributed by atoms with Crippen LogP contribution in [0.5, 0.6) is 5.75 Å². The van der Waals surface area contributed by atoms with E-state index in [2.05, 4.69) is 27.3 Å². The Balaban J connectivity index is 2.41. The summed E-state index contributed by atoms with van der Waals surface area (Å²) in [6.45, 7) is 0.806. The molecule has 0 saturated carbocycles. The van der Waals surface area contributed by atoms with Crippen LogP contribution in [0.1, 0.15) is 18.0 Å². The Morgan fingerprint density at radius 1 is 1.54 bits per heavy atom. The van der Waals surface area contributed by atoms with Gasteiger partial charge in [-0.05, 0) is 25.2 Å². The van der Waals surface area contributed by atoms with Gasteiger partial charge in [0.1, 0.15) is 5.75 Å². The van der Waals surface area contributed by atoms with Crippen molar-refractivity contribution in [1.82, 2.24) is 5.32 Å². The molecule has 0 amide bonds. The van der Waals surface area contributed by atoms with Crippen molar-refractivity contribution in [1.29, 1.82) is 0 Å². The van der Waals surface area contributed by atoms with Crippen molar-refractivity contribution in [3.05, 3.63) is 28.2 Å². The van der Waals surface area contributed by atoms with Gasteiger partial charge >= 0.3 is 0 Å². The van der Waals surface area contributed by atoms with Gasteiger partial charge in [-0.3, -0.25) is 0 Å². The summed E-state index contributed by atoms with van der Waals surface area (Å²) in [6.07, 6.45) is 1.04. The Bertz CT molecular complexity index is 314. The van der Waals surface area contributed by atoms with Crippen molar-refractivity contribution in [2.24, 2.45) is 0 Å². The third kappa shape index (κ3) is 1.71. The lowest BCUT2D eigenvalue weighted by Gasteiger charge is -2.25. The maximum Gasteiger partial charge on any atom is 0.124 e. The molecule has 2 nitrogen and oxygen atoms in total. The predicted octanol–water partition coefficient (Wildman–Crippen LogP) is 2.49. The van der Waals surface area contributed by atoms with E-state index in [0.717, 1.165) is 23.2 Å². The smallest absolute Gasteiger partial charge is 0.124 e. The molecule has 1 aromatic carbocycles. The third-order valence-electron chi connectivity index (χ3n) is 2.36. The van der Waals surface area contributed by atoms with Crippen LogP contribution in [0.3, 0.4) is 0 Å². The number of benzene rings is 1. The van der Waals surface area contributed by atoms with Crippen molar-refractivity contribution < 1.29 is 4.74 Å². The number of ether oxygens (including phenoxy) is 1. The minimum atomic E-state index is 0.432. The summed E-state index contributed by atoms with van der Waals surface area (Å²) in [5.41, 5.74) is 1.25. The molecule has 1 aromatic rings. The average Bonchev–Trinajstić information content (AvgIpc) is 2.17. The largest absolute Gasteiger partial charge is 0.493 e. The van der Waals surface area contributed by atoms with Crippen molar-refractivity contribution >= 4 is 15.9 Å². The second-order valence-electron chi connectivity index (χ2n) is 3.16. The molecule has 0 saturated heterocycles. The lowest BCUT2D eigenvalue weighted by atomic mass is 10.0. The fraction of sp³-hybridized carbons (Fsp3) is 0.400. The molecular formula is C10H12BrNO. The van der Waals surface area contributed by atoms with Gasteiger partial charge in [0.05, 0.1) is 6.61 Å². The first-order valence-corrected chi connectivity index (χ1v) is 5.20. The fourth-order valence-corrected chi connectivity index (χ4v) is 2.04. The minimum Gasteiger partial charge on any atom is -0.493 e. The summed E-state index contributed by atoms with van der Waals surface area (Å²) < 4.78 is 6.66. The molecular weight excluding hydrogens is 230 g/mol. The SMILES string of the molecule is CN[C@@H]1CCOc2ccc(Br)cc21. The Labute approximate surface area is 86.4 Å². The molecule has 1 aliphatic rings. The normalized spacial score (nSPS) is 20.6. The topological polar surface area (TPSA) is 21.3 Å². The third-order valence-corrected chi connectivity index (χ3v) is 2.85. The molecule has 2 rings (SSSR count). The van der Waals surface area contributed by atoms with Crippen LogP contribution >= 0.6 is 15.9 Å². The highest BCUT2D eigenvalue weighted by Gasteiger charge is 2.19. The van der Waals surface area contributed by atoms with E-state index >= 15 is 0 Å². The van der Waals surface area contributed by atoms with Crippen LogP contribution in [-0.2, 0) is 0 Å². The first-order valence-electron chi connectivity index (χ1n) is 4.41. The van der Waals surface area contributed by atoms with E-state index in [-0.39, 0.29) is 0 Å². The number of hydrogen-bond donors (Lipinski definition) is 1. The second-order valence-corrected chi connectivity index (χ2v) is 4.08. The lowest BCUT2D eigenvalue weighted by Crippen LogP contribution is -2.23. The van der Waals surface area contributed by atoms with Gasteiger partial charge < -0.3 is 10.1 Å². The van der Waals surface area contributed by atoms with Crippen LogP contribution in [-0.4, -0.2) is 13.7 Å². The Morgan fingerprint density at radius 2 is 2.38 bits per heavy atom. The number of hydrogen-bond acceptors (Lipinski definition) is 2. The Hall–Kier alpha value is -0.540. The zero-order valence-electron chi connectivity index (χ0n) is 7.51. The van der Waals surface area contributed by atoms with Gasteiger partial charge in [0.15, 0.2) is 0 Å². The highest BCUT2D eigenvalue weighted by atomic mass is 79.9. The molecule has 70 valence electrons. The van der Waals surface area contributed by atoms with Crippen molar-refractivity contribution in [3.63, 3.8) is 0 Å². The second kappa shape index (κ2) is 3.68. The van der Waals surface area contributed by atoms with Crippen LogP contribution in [0.2, 0.25) is 0 Å². The number of nitrogens with one attached hydrogen (secondary N) is 1. The molecule has 0 aromatic heterocycles. The molecule has 1 aliphatic heterocycles. The molecule has 0 bridgehead atoms. The summed E-state index contributed by atoms with van der Waals surface area (Å²) in [7, 11) is 1.99. The van der Waals surface area contributed by atoms with Crippen molar-refractivity contribution in [3.8, 4) is 5.75 Å². The molecule has 0 fully saturated rings. The van der Waals surface area contributed by atoms with Gasteiger partial charge in [-0.15, -0.1) is 0 Å². The zero-order valence-corrected chi connectivity index (χ0v) is 9.10. The molecule has 0 spiro atoms. The number of halogens is 1. The van der Waals surface area contributed by atoms with Gasteiger partial charge in [-0.1, -0.05) is 15.9 Å². The molecule has 0 unspecified atom stereocenters. The number of fused-ring (bicyclic) bond motifs is 1. The van der Waals surface area contributed by atoms with Crippen molar-refractivity contribution in [2.45, 2.75) is 12.5 Å². The van der Waals surface area contributed by atoms with E-state index in [1.54, 1.807) is 0 Å². The van der Waals surface area contributed by atoms with Crippen molar-refractivity contribution in [2.75, 3.05) is 13.7 Å². The molecule has 0 aliphatic carbocycles. The monoisotopic (exact) mass is 241 g/mol. The van der Waals surface area contributed by atoms with Gasteiger partial charge in [0.25, 0.3) is 0 Å². The summed E-state index contributed by atoms with van der Waals surface area (Å²) in [5.74, 6) is 1.01. The van der Waals surface area contributed by atoms with E-state index in [0.29, 0.717) is 6.04 Å². The quantitative estimate of drug-likeness (QED) is 0.816. The van der Waals surface area contributed by atoms with E-state index in [1.165, 1.54) is 5.56 Å². The van der Waals surface area contributed by atoms with Crippen LogP contribution in [0.15, 0.2) is 22.7 Å². The summed E-state index contributed by atoms with van der Waals surface area (Å²) in [6, 6.07) is 6.58. The summed E-state index contributed by atoms with van der Waals surface area (Å²) in [5, 5.41) is 3.29. The van der Waals surface area contributed by atoms with Gasteiger partial charge in [-0.25, -0.2) is 0 Å². The first kappa shape index (κ1) is 9.03. The standard InChI is InChI=1S/C10H12BrNO/c1-12-9-4-5-13-10-3-2-7(11)6-8(9)10/h2-3,6,9,12H,4-5H2,1H3/t9-/m1/s1. The van der Waals surface area contributed by atoms with Crippen LogP contribution in [0, 0.1) is 0 Å². The predicted molar refractivity (Wildman–Crippen MR) is 56.1 cm³/mol. The molecule has 1 N–H and O–H groups in total. The first-order chi connectivity index (χ1) is 6.31. The van der Waals surface area contributed by atoms with E-state index in [1.807, 2.05) is 19.2 Å². The Kier molecular flexibility index (Phi) is 2.56. The van der Waals surface area contributed by atoms with Gasteiger partial charge in [-0.2, -0.15) is 0 Å². The van der Waals surface area contributed by atoms with Crippen LogP contribution in [0.25, 0.3) is 0 Å². The molecule has 13 heavy (non-hydrogen) atoms. The molecule has 1 heterocycles. The highest BCUT2D eigenvalue weighted by molar-refractivity contribution is 9.10. The zero-order chi connectivity index (χ0) is 9.26. The lowest BCUT2D eigenvalue weighted by molar-refractivity contribution is 0.257. The molecule has 3 heteroatoms. The van der Waals surface area contributed by atoms with E-state index in [9.17, 15) is 0 Å². The average molecular weight is 242 g/mol. The van der Waals surface area contributed by atoms with Crippen LogP contribution < -0.4 is 10.1 Å². The number of rotatable bonds is 1. The molecule has 0 radical (unpaired) electrons. The van der Waals surface area contributed by atoms with E-state index < -0.39 is 0 Å². The maximum atomic E-state index is 5.55. The Morgan fingerprint density at radius 3 is 3.15 bits per heavy atom. The fourth-order valence-electron chi connectivity index (χ4n) is 1.67. The minimum absolute atomic E-state index is 0.432. The molecule has 1 atom stereocenters. The highest BCUT2D eigenvalue weighted by Crippen LogP contribution is 2.33. The summed E-state index contributed by atoms with van der Waals surface area (Å²) >= 11 is 3.46. The van der Waals surface area contributed by atoms with E-state index in [4.69, 9.17) is 4.74 Å². The van der Waals surface area contributed by atoms with Crippen LogP contribution in [0.4, 0.5) is 0 Å².